The molecule has 4 rings (SSSR count). The van der Waals surface area contributed by atoms with E-state index in [4.69, 9.17) is 8.94 Å². The monoisotopic (exact) mass is 379 g/mol. The Labute approximate surface area is 163 Å². The van der Waals surface area contributed by atoms with Crippen LogP contribution in [-0.2, 0) is 14.7 Å². The average Bonchev–Trinajstić information content (AvgIpc) is 3.24. The molecule has 2 aromatic rings. The van der Waals surface area contributed by atoms with Crippen molar-refractivity contribution < 1.29 is 60.5 Å². The smallest absolute Gasteiger partial charge is 0.724 e. The largest absolute Gasteiger partial charge is 1.00 e. The summed E-state index contributed by atoms with van der Waals surface area (Å²) in [6.07, 6.45) is 2.23. The number of carbonyl (C=O) groups excluding carboxylic acids is 1. The number of hydrogen-bond acceptors (Lipinski definition) is 10. The molecule has 0 N–H and O–H groups in total. The van der Waals surface area contributed by atoms with Crippen LogP contribution in [0.5, 0.6) is 0 Å². The van der Waals surface area contributed by atoms with Crippen LogP contribution < -0.4 is 29.6 Å². The first-order chi connectivity index (χ1) is 11.4. The second-order valence-electron chi connectivity index (χ2n) is 5.32. The molecule has 2 saturated heterocycles. The third-order valence-corrected chi connectivity index (χ3v) is 4.22. The quantitative estimate of drug-likeness (QED) is 0.306. The van der Waals surface area contributed by atoms with Crippen LogP contribution in [0, 0.1) is 0 Å². The molecular weight excluding hydrogens is 369 g/mol. The number of hydrogen-bond donors (Lipinski definition) is 0. The predicted octanol–water partition coefficient (Wildman–Crippen LogP) is -2.94. The van der Waals surface area contributed by atoms with E-state index in [0.717, 1.165) is 0 Å². The number of nitrogens with zero attached hydrogens (tertiary/aromatic N) is 5. The van der Waals surface area contributed by atoms with Gasteiger partial charge < -0.3 is 18.4 Å². The van der Waals surface area contributed by atoms with Gasteiger partial charge in [0.1, 0.15) is 12.3 Å². The second-order valence-corrected chi connectivity index (χ2v) is 6.29. The summed E-state index contributed by atoms with van der Waals surface area (Å²) in [6.45, 7) is 0.195. The fraction of sp³-hybridized carbons (Fsp3) is 0.455. The number of aromatic nitrogens is 3. The number of amides is 2. The fourth-order valence-electron chi connectivity index (χ4n) is 2.88. The number of carbonyl (C=O) groups is 1. The van der Waals surface area contributed by atoms with Crippen LogP contribution in [0.4, 0.5) is 4.79 Å². The standard InChI is InChI=1S/C11H11N5O7S.Na/c17-11-15-5-6(16(11)23-24(18,19)20)1-2-8(15)10-13-12-9(22-10)7-3-4-21-14-7;/h3-4,6,8H,1-2,5H2,(H,18,19,20);/q;+1/p-1/t6-,8+;/m1./s1. The van der Waals surface area contributed by atoms with Crippen molar-refractivity contribution in [2.24, 2.45) is 0 Å². The van der Waals surface area contributed by atoms with Crippen molar-refractivity contribution in [1.29, 1.82) is 0 Å². The minimum absolute atomic E-state index is 0. The molecule has 2 atom stereocenters. The maximum absolute atomic E-state index is 12.3. The number of rotatable bonds is 4. The number of piperidine rings is 1. The van der Waals surface area contributed by atoms with Crippen molar-refractivity contribution in [3.05, 3.63) is 18.2 Å². The molecule has 128 valence electrons. The van der Waals surface area contributed by atoms with Gasteiger partial charge in [0.05, 0.1) is 6.04 Å². The minimum atomic E-state index is -5.03. The number of fused-ring (bicyclic) bond motifs is 2. The predicted molar refractivity (Wildman–Crippen MR) is 70.3 cm³/mol. The van der Waals surface area contributed by atoms with E-state index in [2.05, 4.69) is 19.6 Å². The zero-order chi connectivity index (χ0) is 16.9. The van der Waals surface area contributed by atoms with Crippen LogP contribution in [0.25, 0.3) is 11.6 Å². The summed E-state index contributed by atoms with van der Waals surface area (Å²) in [5, 5.41) is 12.0. The Morgan fingerprint density at radius 1 is 1.32 bits per heavy atom. The van der Waals surface area contributed by atoms with Gasteiger partial charge in [0.25, 0.3) is 5.89 Å². The van der Waals surface area contributed by atoms with Gasteiger partial charge in [0.15, 0.2) is 5.69 Å². The van der Waals surface area contributed by atoms with Crippen molar-refractivity contribution in [3.8, 4) is 11.6 Å². The van der Waals surface area contributed by atoms with Crippen LogP contribution in [0.2, 0.25) is 0 Å². The molecule has 14 heteroatoms. The first kappa shape index (κ1) is 18.3. The molecule has 2 bridgehead atoms. The summed E-state index contributed by atoms with van der Waals surface area (Å²) in [6, 6.07) is -0.243. The van der Waals surface area contributed by atoms with Gasteiger partial charge in [-0.3, -0.25) is 0 Å². The third kappa shape index (κ3) is 3.43. The Morgan fingerprint density at radius 3 is 2.80 bits per heavy atom. The SMILES string of the molecule is O=C1N2C[C@@H](CC[C@H]2c2nnc(-c3ccon3)o2)N1OS(=O)(=O)[O-].[Na+]. The third-order valence-electron chi connectivity index (χ3n) is 3.88. The van der Waals surface area contributed by atoms with Crippen LogP contribution >= 0.6 is 0 Å². The first-order valence-electron chi connectivity index (χ1n) is 6.92. The van der Waals surface area contributed by atoms with E-state index in [1.54, 1.807) is 6.07 Å². The van der Waals surface area contributed by atoms with Gasteiger partial charge in [-0.1, -0.05) is 5.16 Å². The summed E-state index contributed by atoms with van der Waals surface area (Å²) in [5.41, 5.74) is 0.359. The van der Waals surface area contributed by atoms with Crippen LogP contribution in [0.3, 0.4) is 0 Å². The van der Waals surface area contributed by atoms with E-state index < -0.39 is 28.5 Å². The van der Waals surface area contributed by atoms with Crippen LogP contribution in [-0.4, -0.2) is 56.9 Å². The minimum Gasteiger partial charge on any atom is -0.724 e. The van der Waals surface area contributed by atoms with E-state index in [9.17, 15) is 17.8 Å². The summed E-state index contributed by atoms with van der Waals surface area (Å²) >= 11 is 0. The molecule has 0 unspecified atom stereocenters. The van der Waals surface area contributed by atoms with Crippen molar-refractivity contribution >= 4 is 16.4 Å². The molecular formula is C11H10N5NaO7S. The van der Waals surface area contributed by atoms with Crippen molar-refractivity contribution in [2.45, 2.75) is 24.9 Å². The molecule has 2 aliphatic rings. The Kier molecular flexibility index (Phi) is 4.87. The van der Waals surface area contributed by atoms with Crippen LogP contribution in [0.1, 0.15) is 24.8 Å². The topological polar surface area (TPSA) is 155 Å². The summed E-state index contributed by atoms with van der Waals surface area (Å²) in [5.74, 6) is 0.328. The second kappa shape index (κ2) is 6.66. The molecule has 0 spiro atoms. The molecule has 12 nitrogen and oxygen atoms in total. The molecule has 2 fully saturated rings. The zero-order valence-electron chi connectivity index (χ0n) is 12.9. The van der Waals surface area contributed by atoms with Crippen molar-refractivity contribution in [3.63, 3.8) is 0 Å². The summed E-state index contributed by atoms with van der Waals surface area (Å²) in [7, 11) is -5.03. The molecule has 2 amide bonds. The maximum atomic E-state index is 12.3. The fourth-order valence-corrected chi connectivity index (χ4v) is 3.26. The van der Waals surface area contributed by atoms with Gasteiger partial charge in [0.2, 0.25) is 16.3 Å². The van der Waals surface area contributed by atoms with E-state index in [-0.39, 0.29) is 47.9 Å². The van der Waals surface area contributed by atoms with E-state index in [1.165, 1.54) is 11.2 Å². The first-order valence-corrected chi connectivity index (χ1v) is 8.25. The summed E-state index contributed by atoms with van der Waals surface area (Å²) in [4.78, 5) is 13.6. The average molecular weight is 379 g/mol. The molecule has 0 radical (unpaired) electrons. The molecule has 4 heterocycles. The Balaban J connectivity index is 0.00000182. The number of urea groups is 1. The van der Waals surface area contributed by atoms with Crippen molar-refractivity contribution in [2.75, 3.05) is 6.54 Å². The molecule has 2 aromatic heterocycles. The molecule has 0 aromatic carbocycles. The van der Waals surface area contributed by atoms with E-state index in [0.29, 0.717) is 23.6 Å². The summed E-state index contributed by atoms with van der Waals surface area (Å²) < 4.78 is 46.7. The van der Waals surface area contributed by atoms with Crippen molar-refractivity contribution in [1.82, 2.24) is 25.3 Å². The Morgan fingerprint density at radius 2 is 2.12 bits per heavy atom. The number of hydroxylamine groups is 2. The van der Waals surface area contributed by atoms with Gasteiger partial charge >= 0.3 is 35.6 Å². The normalized spacial score (nSPS) is 23.0. The van der Waals surface area contributed by atoms with Gasteiger partial charge in [0, 0.05) is 12.6 Å². The van der Waals surface area contributed by atoms with Gasteiger partial charge in [-0.05, 0) is 12.8 Å². The van der Waals surface area contributed by atoms with Crippen LogP contribution in [0.15, 0.2) is 21.3 Å². The van der Waals surface area contributed by atoms with E-state index in [1.807, 2.05) is 0 Å². The molecule has 0 aliphatic carbocycles. The van der Waals surface area contributed by atoms with Gasteiger partial charge in [-0.15, -0.1) is 10.2 Å². The molecule has 0 saturated carbocycles. The van der Waals surface area contributed by atoms with E-state index >= 15 is 0 Å². The maximum Gasteiger partial charge on any atom is 1.00 e. The Bertz CT molecular complexity index is 869. The molecule has 25 heavy (non-hydrogen) atoms. The van der Waals surface area contributed by atoms with Gasteiger partial charge in [-0.25, -0.2) is 13.2 Å². The Hall–Kier alpha value is -1.51. The van der Waals surface area contributed by atoms with Gasteiger partial charge in [-0.2, -0.15) is 9.35 Å². The molecule has 2 aliphatic heterocycles. The zero-order valence-corrected chi connectivity index (χ0v) is 15.7.